The van der Waals surface area contributed by atoms with Crippen LogP contribution in [-0.4, -0.2) is 46.5 Å². The van der Waals surface area contributed by atoms with Gasteiger partial charge < -0.3 is 10.8 Å². The number of rotatable bonds is 7. The van der Waals surface area contributed by atoms with Gasteiger partial charge in [-0.1, -0.05) is 0 Å². The largest absolute Gasteiger partial charge is 0.480 e. The van der Waals surface area contributed by atoms with Crippen molar-refractivity contribution in [3.05, 3.63) is 0 Å². The Bertz CT molecular complexity index is 328. The molecule has 0 aromatic carbocycles. The van der Waals surface area contributed by atoms with E-state index in [1.165, 1.54) is 0 Å². The average Bonchev–Trinajstić information content (AvgIpc) is 2.65. The van der Waals surface area contributed by atoms with Crippen LogP contribution in [0.3, 0.4) is 0 Å². The number of carbonyl (C=O) groups is 3. The van der Waals surface area contributed by atoms with Crippen molar-refractivity contribution in [2.75, 3.05) is 6.54 Å². The summed E-state index contributed by atoms with van der Waals surface area (Å²) in [5.41, 5.74) is 10.1. The number of hydrogen-bond acceptors (Lipinski definition) is 7. The highest BCUT2D eigenvalue weighted by atomic mass is 16.4. The van der Waals surface area contributed by atoms with Gasteiger partial charge in [0.05, 0.1) is 0 Å². The molecule has 2 amide bonds. The highest BCUT2D eigenvalue weighted by molar-refractivity contribution is 6.01. The minimum Gasteiger partial charge on any atom is -0.480 e. The molecular weight excluding hydrogens is 242 g/mol. The SMILES string of the molecule is NCC(C[C@H](NN1C(=O)CCC1=O)C(=O)O)NN. The fraction of sp³-hybridized carbons (Fsp3) is 0.667. The zero-order valence-corrected chi connectivity index (χ0v) is 9.76. The number of nitrogens with two attached hydrogens (primary N) is 2. The average molecular weight is 259 g/mol. The van der Waals surface area contributed by atoms with E-state index in [1.54, 1.807) is 0 Å². The van der Waals surface area contributed by atoms with Crippen molar-refractivity contribution in [3.8, 4) is 0 Å². The molecule has 9 nitrogen and oxygen atoms in total. The van der Waals surface area contributed by atoms with Crippen LogP contribution < -0.4 is 22.4 Å². The molecule has 7 N–H and O–H groups in total. The molecule has 1 aliphatic heterocycles. The highest BCUT2D eigenvalue weighted by Crippen LogP contribution is 2.10. The van der Waals surface area contributed by atoms with E-state index in [1.807, 2.05) is 0 Å². The quantitative estimate of drug-likeness (QED) is 0.188. The third-order valence-electron chi connectivity index (χ3n) is 2.68. The van der Waals surface area contributed by atoms with Gasteiger partial charge in [-0.2, -0.15) is 0 Å². The summed E-state index contributed by atoms with van der Waals surface area (Å²) < 4.78 is 0. The summed E-state index contributed by atoms with van der Waals surface area (Å²) in [5.74, 6) is 3.14. The third-order valence-corrected chi connectivity index (χ3v) is 2.68. The topological polar surface area (TPSA) is 151 Å². The number of nitrogens with zero attached hydrogens (tertiary/aromatic N) is 1. The maximum atomic E-state index is 11.4. The predicted molar refractivity (Wildman–Crippen MR) is 60.4 cm³/mol. The highest BCUT2D eigenvalue weighted by Gasteiger charge is 2.33. The Morgan fingerprint density at radius 3 is 2.33 bits per heavy atom. The lowest BCUT2D eigenvalue weighted by Gasteiger charge is -2.24. The van der Waals surface area contributed by atoms with E-state index in [0.29, 0.717) is 0 Å². The lowest BCUT2D eigenvalue weighted by molar-refractivity contribution is -0.148. The van der Waals surface area contributed by atoms with Crippen LogP contribution in [-0.2, 0) is 14.4 Å². The van der Waals surface area contributed by atoms with Gasteiger partial charge in [-0.3, -0.25) is 25.7 Å². The molecular formula is C9H17N5O4. The molecule has 1 aliphatic rings. The normalized spacial score (nSPS) is 19.1. The molecule has 9 heteroatoms. The van der Waals surface area contributed by atoms with E-state index in [2.05, 4.69) is 10.9 Å². The monoisotopic (exact) mass is 259 g/mol. The fourth-order valence-electron chi connectivity index (χ4n) is 1.60. The Hall–Kier alpha value is -1.55. The van der Waals surface area contributed by atoms with Gasteiger partial charge in [-0.25, -0.2) is 10.4 Å². The van der Waals surface area contributed by atoms with Gasteiger partial charge in [-0.05, 0) is 6.42 Å². The van der Waals surface area contributed by atoms with Crippen molar-refractivity contribution in [2.24, 2.45) is 11.6 Å². The molecule has 2 atom stereocenters. The number of amides is 2. The summed E-state index contributed by atoms with van der Waals surface area (Å²) in [6, 6.07) is -1.54. The molecule has 1 heterocycles. The lowest BCUT2D eigenvalue weighted by atomic mass is 10.1. The molecule has 0 saturated carbocycles. The van der Waals surface area contributed by atoms with Crippen molar-refractivity contribution in [1.82, 2.24) is 15.9 Å². The maximum Gasteiger partial charge on any atom is 0.322 e. The van der Waals surface area contributed by atoms with Gasteiger partial charge in [0.25, 0.3) is 0 Å². The van der Waals surface area contributed by atoms with E-state index >= 15 is 0 Å². The molecule has 1 fully saturated rings. The molecule has 1 rings (SSSR count). The lowest BCUT2D eigenvalue weighted by Crippen LogP contribution is -2.54. The Labute approximate surface area is 103 Å². The first-order valence-corrected chi connectivity index (χ1v) is 5.50. The number of hydrazine groups is 2. The maximum absolute atomic E-state index is 11.4. The molecule has 0 aromatic rings. The Morgan fingerprint density at radius 2 is 1.94 bits per heavy atom. The van der Waals surface area contributed by atoms with Gasteiger partial charge in [0.15, 0.2) is 0 Å². The number of nitrogens with one attached hydrogen (secondary N) is 2. The number of carboxylic acid groups (broad SMARTS) is 1. The molecule has 102 valence electrons. The Kier molecular flexibility index (Phi) is 5.16. The van der Waals surface area contributed by atoms with Crippen LogP contribution in [0.5, 0.6) is 0 Å². The van der Waals surface area contributed by atoms with Gasteiger partial charge >= 0.3 is 5.97 Å². The zero-order valence-electron chi connectivity index (χ0n) is 9.76. The van der Waals surface area contributed by atoms with Crippen molar-refractivity contribution in [1.29, 1.82) is 0 Å². The van der Waals surface area contributed by atoms with Crippen LogP contribution in [0, 0.1) is 0 Å². The minimum atomic E-state index is -1.18. The van der Waals surface area contributed by atoms with E-state index in [0.717, 1.165) is 5.01 Å². The summed E-state index contributed by atoms with van der Waals surface area (Å²) >= 11 is 0. The van der Waals surface area contributed by atoms with Gasteiger partial charge in [0.2, 0.25) is 11.8 Å². The fourth-order valence-corrected chi connectivity index (χ4v) is 1.60. The van der Waals surface area contributed by atoms with Crippen LogP contribution in [0.25, 0.3) is 0 Å². The standard InChI is InChI=1S/C9H17N5O4/c10-4-5(12-11)3-6(9(17)18)13-14-7(15)1-2-8(14)16/h5-6,12-13H,1-4,10-11H2,(H,17,18)/t5?,6-/m0/s1. The summed E-state index contributed by atoms with van der Waals surface area (Å²) in [5, 5.41) is 9.78. The zero-order chi connectivity index (χ0) is 13.7. The molecule has 0 aliphatic carbocycles. The number of imide groups is 1. The summed E-state index contributed by atoms with van der Waals surface area (Å²) in [6.45, 7) is 0.143. The Balaban J connectivity index is 2.65. The van der Waals surface area contributed by atoms with E-state index in [4.69, 9.17) is 16.7 Å². The van der Waals surface area contributed by atoms with Gasteiger partial charge in [-0.15, -0.1) is 0 Å². The van der Waals surface area contributed by atoms with Crippen molar-refractivity contribution >= 4 is 17.8 Å². The first-order chi connectivity index (χ1) is 8.49. The first-order valence-electron chi connectivity index (χ1n) is 5.50. The van der Waals surface area contributed by atoms with Crippen molar-refractivity contribution in [2.45, 2.75) is 31.3 Å². The number of carboxylic acids is 1. The van der Waals surface area contributed by atoms with Gasteiger partial charge in [0.1, 0.15) is 6.04 Å². The van der Waals surface area contributed by atoms with Crippen molar-refractivity contribution in [3.63, 3.8) is 0 Å². The van der Waals surface area contributed by atoms with E-state index in [-0.39, 0.29) is 25.8 Å². The second kappa shape index (κ2) is 6.40. The first kappa shape index (κ1) is 14.5. The van der Waals surface area contributed by atoms with Crippen LogP contribution in [0.1, 0.15) is 19.3 Å². The molecule has 1 unspecified atom stereocenters. The van der Waals surface area contributed by atoms with Crippen molar-refractivity contribution < 1.29 is 19.5 Å². The summed E-state index contributed by atoms with van der Waals surface area (Å²) in [7, 11) is 0. The molecule has 0 bridgehead atoms. The summed E-state index contributed by atoms with van der Waals surface area (Å²) in [6.07, 6.45) is 0.237. The molecule has 0 radical (unpaired) electrons. The van der Waals surface area contributed by atoms with Crippen LogP contribution in [0.15, 0.2) is 0 Å². The van der Waals surface area contributed by atoms with Crippen LogP contribution >= 0.6 is 0 Å². The molecule has 1 saturated heterocycles. The Morgan fingerprint density at radius 1 is 1.39 bits per heavy atom. The number of hydrogen-bond donors (Lipinski definition) is 5. The van der Waals surface area contributed by atoms with E-state index < -0.39 is 29.9 Å². The molecule has 0 aromatic heterocycles. The third kappa shape index (κ3) is 3.47. The second-order valence-corrected chi connectivity index (χ2v) is 3.98. The van der Waals surface area contributed by atoms with Gasteiger partial charge in [0, 0.05) is 25.4 Å². The molecule has 18 heavy (non-hydrogen) atoms. The number of aliphatic carboxylic acids is 1. The van der Waals surface area contributed by atoms with Crippen LogP contribution in [0.2, 0.25) is 0 Å². The smallest absolute Gasteiger partial charge is 0.322 e. The molecule has 0 spiro atoms. The minimum absolute atomic E-state index is 0.0550. The van der Waals surface area contributed by atoms with Crippen LogP contribution in [0.4, 0.5) is 0 Å². The van der Waals surface area contributed by atoms with E-state index in [9.17, 15) is 14.4 Å². The second-order valence-electron chi connectivity index (χ2n) is 3.98. The predicted octanol–water partition coefficient (Wildman–Crippen LogP) is -2.73. The number of carbonyl (C=O) groups excluding carboxylic acids is 2. The summed E-state index contributed by atoms with van der Waals surface area (Å²) in [4.78, 5) is 33.8.